The van der Waals surface area contributed by atoms with Crippen LogP contribution in [0.1, 0.15) is 0 Å². The van der Waals surface area contributed by atoms with Crippen LogP contribution >= 0.6 is 15.9 Å². The Labute approximate surface area is 113 Å². The van der Waals surface area contributed by atoms with E-state index in [-0.39, 0.29) is 29.6 Å². The van der Waals surface area contributed by atoms with Crippen LogP contribution in [0.3, 0.4) is 0 Å². The molecule has 0 unspecified atom stereocenters. The van der Waals surface area contributed by atoms with E-state index in [0.29, 0.717) is 11.0 Å². The number of rotatable bonds is 2. The van der Waals surface area contributed by atoms with Crippen LogP contribution in [0.15, 0.2) is 27.6 Å². The lowest BCUT2D eigenvalue weighted by atomic mass is 10.3. The predicted molar refractivity (Wildman–Crippen MR) is 70.3 cm³/mol. The largest absolute Gasteiger partial charge is 0.398 e. The first-order chi connectivity index (χ1) is 8.41. The molecule has 1 aromatic carbocycles. The number of benzene rings is 1. The van der Waals surface area contributed by atoms with Crippen LogP contribution in [-0.4, -0.2) is 38.3 Å². The standard InChI is InChI=1S/C10H12BrN3O3S/c11-7-1-2-8(12)9(5-7)18(16,17)14-4-3-13-10(15)6-14/h1-2,5H,3-4,6,12H2,(H,13,15). The first-order valence-electron chi connectivity index (χ1n) is 5.23. The van der Waals surface area contributed by atoms with Crippen LogP contribution in [0.4, 0.5) is 5.69 Å². The summed E-state index contributed by atoms with van der Waals surface area (Å²) in [5.41, 5.74) is 5.86. The fourth-order valence-corrected chi connectivity index (χ4v) is 3.74. The Kier molecular flexibility index (Phi) is 3.60. The number of carbonyl (C=O) groups is 1. The Bertz CT molecular complexity index is 588. The maximum Gasteiger partial charge on any atom is 0.245 e. The van der Waals surface area contributed by atoms with Crippen LogP contribution in [0.25, 0.3) is 0 Å². The second-order valence-electron chi connectivity index (χ2n) is 3.87. The van der Waals surface area contributed by atoms with E-state index in [9.17, 15) is 13.2 Å². The number of carbonyl (C=O) groups excluding carboxylic acids is 1. The van der Waals surface area contributed by atoms with Gasteiger partial charge in [0, 0.05) is 17.6 Å². The molecule has 1 heterocycles. The highest BCUT2D eigenvalue weighted by Gasteiger charge is 2.30. The van der Waals surface area contributed by atoms with Gasteiger partial charge in [-0.3, -0.25) is 4.79 Å². The number of hydrogen-bond donors (Lipinski definition) is 2. The highest BCUT2D eigenvalue weighted by molar-refractivity contribution is 9.10. The Morgan fingerprint density at radius 1 is 1.39 bits per heavy atom. The maximum atomic E-state index is 12.4. The number of nitrogens with zero attached hydrogens (tertiary/aromatic N) is 1. The van der Waals surface area contributed by atoms with Crippen molar-refractivity contribution in [2.75, 3.05) is 25.4 Å². The lowest BCUT2D eigenvalue weighted by Crippen LogP contribution is -2.49. The normalized spacial score (nSPS) is 17.5. The number of piperazine rings is 1. The molecular weight excluding hydrogens is 322 g/mol. The zero-order chi connectivity index (χ0) is 13.3. The molecule has 1 aliphatic rings. The molecule has 2 rings (SSSR count). The average Bonchev–Trinajstić information content (AvgIpc) is 2.32. The third-order valence-corrected chi connectivity index (χ3v) is 4.99. The van der Waals surface area contributed by atoms with Gasteiger partial charge in [-0.15, -0.1) is 0 Å². The molecule has 1 aliphatic heterocycles. The van der Waals surface area contributed by atoms with Gasteiger partial charge in [0.1, 0.15) is 4.90 Å². The van der Waals surface area contributed by atoms with E-state index in [1.165, 1.54) is 12.1 Å². The quantitative estimate of drug-likeness (QED) is 0.753. The Morgan fingerprint density at radius 3 is 2.78 bits per heavy atom. The summed E-state index contributed by atoms with van der Waals surface area (Å²) in [5.74, 6) is -0.307. The summed E-state index contributed by atoms with van der Waals surface area (Å²) in [4.78, 5) is 11.3. The van der Waals surface area contributed by atoms with Crippen LogP contribution in [-0.2, 0) is 14.8 Å². The number of nitrogen functional groups attached to an aromatic ring is 1. The molecule has 1 fully saturated rings. The Morgan fingerprint density at radius 2 is 2.11 bits per heavy atom. The van der Waals surface area contributed by atoms with Gasteiger partial charge >= 0.3 is 0 Å². The van der Waals surface area contributed by atoms with Gasteiger partial charge in [0.15, 0.2) is 0 Å². The minimum Gasteiger partial charge on any atom is -0.398 e. The van der Waals surface area contributed by atoms with Gasteiger partial charge in [-0.05, 0) is 18.2 Å². The monoisotopic (exact) mass is 333 g/mol. The van der Waals surface area contributed by atoms with Gasteiger partial charge < -0.3 is 11.1 Å². The molecule has 0 spiro atoms. The lowest BCUT2D eigenvalue weighted by Gasteiger charge is -2.26. The van der Waals surface area contributed by atoms with Crippen molar-refractivity contribution in [3.05, 3.63) is 22.7 Å². The number of hydrogen-bond acceptors (Lipinski definition) is 4. The molecule has 0 aromatic heterocycles. The van der Waals surface area contributed by atoms with Gasteiger partial charge in [-0.2, -0.15) is 4.31 Å². The topological polar surface area (TPSA) is 92.5 Å². The van der Waals surface area contributed by atoms with Gasteiger partial charge in [0.2, 0.25) is 15.9 Å². The van der Waals surface area contributed by atoms with E-state index in [4.69, 9.17) is 5.73 Å². The molecule has 98 valence electrons. The summed E-state index contributed by atoms with van der Waals surface area (Å²) in [7, 11) is -3.73. The number of nitrogens with one attached hydrogen (secondary N) is 1. The van der Waals surface area contributed by atoms with Crippen LogP contribution in [0.2, 0.25) is 0 Å². The molecule has 6 nitrogen and oxygen atoms in total. The van der Waals surface area contributed by atoms with Gasteiger partial charge in [-0.1, -0.05) is 15.9 Å². The van der Waals surface area contributed by atoms with Crippen molar-refractivity contribution >= 4 is 37.5 Å². The summed E-state index contributed by atoms with van der Waals surface area (Å²) in [6.07, 6.45) is 0. The zero-order valence-electron chi connectivity index (χ0n) is 9.39. The van der Waals surface area contributed by atoms with Crippen molar-refractivity contribution < 1.29 is 13.2 Å². The first kappa shape index (κ1) is 13.3. The third kappa shape index (κ3) is 2.50. The molecule has 1 saturated heterocycles. The van der Waals surface area contributed by atoms with Crippen LogP contribution in [0.5, 0.6) is 0 Å². The highest BCUT2D eigenvalue weighted by atomic mass is 79.9. The number of sulfonamides is 1. The van der Waals surface area contributed by atoms with Crippen molar-refractivity contribution in [1.29, 1.82) is 0 Å². The second-order valence-corrected chi connectivity index (χ2v) is 6.69. The summed E-state index contributed by atoms with van der Waals surface area (Å²) in [5, 5.41) is 2.58. The predicted octanol–water partition coefficient (Wildman–Crippen LogP) is 0.152. The minimum atomic E-state index is -3.73. The number of halogens is 1. The third-order valence-electron chi connectivity index (χ3n) is 2.60. The first-order valence-corrected chi connectivity index (χ1v) is 7.46. The molecule has 0 saturated carbocycles. The fourth-order valence-electron chi connectivity index (χ4n) is 1.69. The fraction of sp³-hybridized carbons (Fsp3) is 0.300. The smallest absolute Gasteiger partial charge is 0.245 e. The summed E-state index contributed by atoms with van der Waals surface area (Å²) in [6.45, 7) is 0.389. The summed E-state index contributed by atoms with van der Waals surface area (Å²) in [6, 6.07) is 4.62. The van der Waals surface area contributed by atoms with E-state index >= 15 is 0 Å². The summed E-state index contributed by atoms with van der Waals surface area (Å²) < 4.78 is 26.5. The maximum absolute atomic E-state index is 12.4. The van der Waals surface area contributed by atoms with Crippen LogP contribution < -0.4 is 11.1 Å². The molecule has 3 N–H and O–H groups in total. The van der Waals surface area contributed by atoms with Crippen LogP contribution in [0, 0.1) is 0 Å². The lowest BCUT2D eigenvalue weighted by molar-refractivity contribution is -0.122. The Hall–Kier alpha value is -1.12. The minimum absolute atomic E-state index is 0.0200. The van der Waals surface area contributed by atoms with E-state index in [1.807, 2.05) is 0 Å². The van der Waals surface area contributed by atoms with Gasteiger partial charge in [-0.25, -0.2) is 8.42 Å². The molecule has 0 radical (unpaired) electrons. The summed E-state index contributed by atoms with van der Waals surface area (Å²) >= 11 is 3.21. The molecule has 1 aromatic rings. The van der Waals surface area contributed by atoms with Crippen molar-refractivity contribution in [3.63, 3.8) is 0 Å². The average molecular weight is 334 g/mol. The molecule has 8 heteroatoms. The number of amides is 1. The van der Waals surface area contributed by atoms with E-state index in [1.54, 1.807) is 6.07 Å². The Balaban J connectivity index is 2.41. The van der Waals surface area contributed by atoms with Gasteiger partial charge in [0.05, 0.1) is 12.2 Å². The molecule has 18 heavy (non-hydrogen) atoms. The van der Waals surface area contributed by atoms with Gasteiger partial charge in [0.25, 0.3) is 0 Å². The molecule has 1 amide bonds. The number of nitrogens with two attached hydrogens (primary N) is 1. The van der Waals surface area contributed by atoms with E-state index in [2.05, 4.69) is 21.2 Å². The molecular formula is C10H12BrN3O3S. The molecule has 0 atom stereocenters. The SMILES string of the molecule is Nc1ccc(Br)cc1S(=O)(=O)N1CCNC(=O)C1. The van der Waals surface area contributed by atoms with Crippen molar-refractivity contribution in [2.24, 2.45) is 0 Å². The molecule has 0 aliphatic carbocycles. The second kappa shape index (κ2) is 4.87. The van der Waals surface area contributed by atoms with Crippen molar-refractivity contribution in [3.8, 4) is 0 Å². The van der Waals surface area contributed by atoms with Crippen molar-refractivity contribution in [2.45, 2.75) is 4.90 Å². The van der Waals surface area contributed by atoms with E-state index in [0.717, 1.165) is 4.31 Å². The number of anilines is 1. The highest BCUT2D eigenvalue weighted by Crippen LogP contribution is 2.26. The van der Waals surface area contributed by atoms with E-state index < -0.39 is 10.0 Å². The molecule has 0 bridgehead atoms. The van der Waals surface area contributed by atoms with Crippen molar-refractivity contribution in [1.82, 2.24) is 9.62 Å². The zero-order valence-corrected chi connectivity index (χ0v) is 11.8.